The number of benzene rings is 1. The average molecular weight is 409 g/mol. The van der Waals surface area contributed by atoms with E-state index in [1.807, 2.05) is 0 Å². The number of aliphatic hydroxyl groups is 1. The van der Waals surface area contributed by atoms with Crippen LogP contribution in [0.2, 0.25) is 5.02 Å². The van der Waals surface area contributed by atoms with Crippen molar-refractivity contribution in [1.29, 1.82) is 0 Å². The summed E-state index contributed by atoms with van der Waals surface area (Å²) in [5, 5.41) is 25.4. The van der Waals surface area contributed by atoms with Crippen LogP contribution in [0.1, 0.15) is 48.9 Å². The Bertz CT molecular complexity index is 849. The summed E-state index contributed by atoms with van der Waals surface area (Å²) in [4.78, 5) is 36.3. The molecule has 2 amide bonds. The molecule has 1 aromatic carbocycles. The molecular formula is C19H21ClN2O6. The van der Waals surface area contributed by atoms with Crippen LogP contribution in [0.4, 0.5) is 4.79 Å². The average Bonchev–Trinajstić information content (AvgIpc) is 2.63. The molecule has 4 N–H and O–H groups in total. The standard InChI is InChI=1S/C19H21ClN2O6/c20-10-1-2-13-11(7-10)12(23)8-14(28-13)16(25)21-18-3-5-19(6-4-18,15(24)9-18)22-17(26)27/h1-2,7,14-15,22,24H,3-6,8-9H2,(H,21,25)(H,26,27)/t14?,15-,18?,19?/m0/s1. The highest BCUT2D eigenvalue weighted by Gasteiger charge is 2.56. The number of carbonyl (C=O) groups is 3. The normalized spacial score (nSPS) is 33.6. The van der Waals surface area contributed by atoms with Gasteiger partial charge in [-0.2, -0.15) is 0 Å². The maximum Gasteiger partial charge on any atom is 0.405 e. The van der Waals surface area contributed by atoms with Gasteiger partial charge in [-0.3, -0.25) is 9.59 Å². The monoisotopic (exact) mass is 408 g/mol. The molecule has 5 rings (SSSR count). The molecule has 3 fully saturated rings. The van der Waals surface area contributed by atoms with Crippen LogP contribution in [-0.4, -0.2) is 51.3 Å². The first-order chi connectivity index (χ1) is 13.2. The lowest BCUT2D eigenvalue weighted by Gasteiger charge is -2.56. The molecule has 1 aliphatic heterocycles. The number of halogens is 1. The minimum atomic E-state index is -1.16. The quantitative estimate of drug-likeness (QED) is 0.605. The van der Waals surface area contributed by atoms with Crippen molar-refractivity contribution in [2.24, 2.45) is 0 Å². The third kappa shape index (κ3) is 3.20. The highest BCUT2D eigenvalue weighted by Crippen LogP contribution is 2.47. The van der Waals surface area contributed by atoms with Crippen molar-refractivity contribution in [2.75, 3.05) is 0 Å². The van der Waals surface area contributed by atoms with Gasteiger partial charge in [0, 0.05) is 10.6 Å². The lowest BCUT2D eigenvalue weighted by molar-refractivity contribution is -0.134. The smallest absolute Gasteiger partial charge is 0.405 e. The largest absolute Gasteiger partial charge is 0.479 e. The molecule has 4 aliphatic rings. The molecule has 3 aliphatic carbocycles. The van der Waals surface area contributed by atoms with E-state index in [9.17, 15) is 19.5 Å². The zero-order valence-electron chi connectivity index (χ0n) is 15.0. The number of rotatable bonds is 3. The first kappa shape index (κ1) is 19.0. The maximum atomic E-state index is 12.8. The van der Waals surface area contributed by atoms with Gasteiger partial charge in [0.2, 0.25) is 0 Å². The van der Waals surface area contributed by atoms with E-state index in [2.05, 4.69) is 10.6 Å². The first-order valence-corrected chi connectivity index (χ1v) is 9.60. The molecule has 3 saturated carbocycles. The molecular weight excluding hydrogens is 388 g/mol. The van der Waals surface area contributed by atoms with E-state index in [0.29, 0.717) is 42.0 Å². The minimum absolute atomic E-state index is 0.0810. The highest BCUT2D eigenvalue weighted by atomic mass is 35.5. The molecule has 2 bridgehead atoms. The number of aliphatic hydroxyl groups excluding tert-OH is 1. The van der Waals surface area contributed by atoms with Crippen LogP contribution in [-0.2, 0) is 4.79 Å². The lowest BCUT2D eigenvalue weighted by Crippen LogP contribution is -2.70. The number of ketones is 1. The summed E-state index contributed by atoms with van der Waals surface area (Å²) in [5.74, 6) is -0.282. The van der Waals surface area contributed by atoms with Gasteiger partial charge in [0.15, 0.2) is 11.9 Å². The fourth-order valence-electron chi connectivity index (χ4n) is 4.66. The number of hydrogen-bond donors (Lipinski definition) is 4. The molecule has 1 unspecified atom stereocenters. The molecule has 9 heteroatoms. The fraction of sp³-hybridized carbons (Fsp3) is 0.526. The molecule has 150 valence electrons. The summed E-state index contributed by atoms with van der Waals surface area (Å²) >= 11 is 5.92. The van der Waals surface area contributed by atoms with Crippen molar-refractivity contribution in [3.05, 3.63) is 28.8 Å². The number of fused-ring (bicyclic) bond motifs is 4. The van der Waals surface area contributed by atoms with E-state index in [0.717, 1.165) is 0 Å². The Morgan fingerprint density at radius 1 is 1.18 bits per heavy atom. The third-order valence-electron chi connectivity index (χ3n) is 6.24. The summed E-state index contributed by atoms with van der Waals surface area (Å²) in [7, 11) is 0. The van der Waals surface area contributed by atoms with Gasteiger partial charge < -0.3 is 25.6 Å². The van der Waals surface area contributed by atoms with Crippen LogP contribution >= 0.6 is 11.6 Å². The number of nitrogens with one attached hydrogen (secondary N) is 2. The molecule has 0 radical (unpaired) electrons. The number of Topliss-reactive ketones (excluding diaryl/α,β-unsaturated/α-hetero) is 1. The van der Waals surface area contributed by atoms with E-state index in [1.54, 1.807) is 12.1 Å². The van der Waals surface area contributed by atoms with Crippen molar-refractivity contribution in [1.82, 2.24) is 10.6 Å². The van der Waals surface area contributed by atoms with E-state index >= 15 is 0 Å². The van der Waals surface area contributed by atoms with E-state index in [1.165, 1.54) is 6.07 Å². The van der Waals surface area contributed by atoms with Crippen LogP contribution in [0.15, 0.2) is 18.2 Å². The second-order valence-electron chi connectivity index (χ2n) is 7.95. The highest BCUT2D eigenvalue weighted by molar-refractivity contribution is 6.31. The van der Waals surface area contributed by atoms with Crippen LogP contribution in [0.25, 0.3) is 0 Å². The Kier molecular flexibility index (Phi) is 4.50. The van der Waals surface area contributed by atoms with E-state index < -0.39 is 35.3 Å². The minimum Gasteiger partial charge on any atom is -0.479 e. The van der Waals surface area contributed by atoms with Crippen molar-refractivity contribution in [2.45, 2.75) is 61.8 Å². The Morgan fingerprint density at radius 3 is 2.54 bits per heavy atom. The van der Waals surface area contributed by atoms with Gasteiger partial charge in [-0.05, 0) is 50.3 Å². The van der Waals surface area contributed by atoms with Gasteiger partial charge in [-0.15, -0.1) is 0 Å². The zero-order valence-corrected chi connectivity index (χ0v) is 15.8. The number of hydrogen-bond acceptors (Lipinski definition) is 5. The van der Waals surface area contributed by atoms with E-state index in [-0.39, 0.29) is 18.6 Å². The lowest BCUT2D eigenvalue weighted by atomic mass is 9.60. The van der Waals surface area contributed by atoms with Gasteiger partial charge in [0.1, 0.15) is 5.75 Å². The zero-order chi connectivity index (χ0) is 20.1. The van der Waals surface area contributed by atoms with Crippen molar-refractivity contribution < 1.29 is 29.3 Å². The number of carboxylic acid groups (broad SMARTS) is 1. The van der Waals surface area contributed by atoms with Gasteiger partial charge in [0.05, 0.1) is 23.6 Å². The maximum absolute atomic E-state index is 12.8. The molecule has 8 nitrogen and oxygen atoms in total. The van der Waals surface area contributed by atoms with Gasteiger partial charge in [-0.25, -0.2) is 4.79 Å². The van der Waals surface area contributed by atoms with Crippen molar-refractivity contribution >= 4 is 29.4 Å². The SMILES string of the molecule is O=C(O)NC12CCC(NC(=O)C3CC(=O)c4cc(Cl)ccc4O3)(CC1)C[C@@H]2O. The van der Waals surface area contributed by atoms with Crippen LogP contribution in [0.5, 0.6) is 5.75 Å². The summed E-state index contributed by atoms with van der Waals surface area (Å²) in [6, 6.07) is 4.70. The van der Waals surface area contributed by atoms with Crippen LogP contribution in [0, 0.1) is 0 Å². The molecule has 0 aromatic heterocycles. The second kappa shape index (κ2) is 6.63. The second-order valence-corrected chi connectivity index (χ2v) is 8.39. The Hall–Kier alpha value is -2.32. The molecule has 2 atom stereocenters. The predicted molar refractivity (Wildman–Crippen MR) is 98.7 cm³/mol. The Balaban J connectivity index is 1.46. The molecule has 0 saturated heterocycles. The first-order valence-electron chi connectivity index (χ1n) is 9.23. The Labute approximate surface area is 166 Å². The molecule has 1 heterocycles. The van der Waals surface area contributed by atoms with Crippen LogP contribution in [0.3, 0.4) is 0 Å². The van der Waals surface area contributed by atoms with E-state index in [4.69, 9.17) is 21.4 Å². The number of ether oxygens (including phenoxy) is 1. The number of amides is 2. The predicted octanol–water partition coefficient (Wildman–Crippen LogP) is 1.87. The van der Waals surface area contributed by atoms with Gasteiger partial charge >= 0.3 is 6.09 Å². The van der Waals surface area contributed by atoms with Gasteiger partial charge in [-0.1, -0.05) is 11.6 Å². The van der Waals surface area contributed by atoms with Crippen LogP contribution < -0.4 is 15.4 Å². The molecule has 1 aromatic rings. The van der Waals surface area contributed by atoms with Crippen molar-refractivity contribution in [3.8, 4) is 5.75 Å². The third-order valence-corrected chi connectivity index (χ3v) is 6.48. The Morgan fingerprint density at radius 2 is 1.89 bits per heavy atom. The summed E-state index contributed by atoms with van der Waals surface area (Å²) < 4.78 is 5.72. The van der Waals surface area contributed by atoms with Gasteiger partial charge in [0.25, 0.3) is 5.91 Å². The summed E-state index contributed by atoms with van der Waals surface area (Å²) in [5.41, 5.74) is -1.11. The summed E-state index contributed by atoms with van der Waals surface area (Å²) in [6.45, 7) is 0. The molecule has 28 heavy (non-hydrogen) atoms. The molecule has 0 spiro atoms. The summed E-state index contributed by atoms with van der Waals surface area (Å²) in [6.07, 6.45) is -0.855. The van der Waals surface area contributed by atoms with Crippen molar-refractivity contribution in [3.63, 3.8) is 0 Å². The number of carbonyl (C=O) groups excluding carboxylic acids is 2. The fourth-order valence-corrected chi connectivity index (χ4v) is 4.83. The topological polar surface area (TPSA) is 125 Å².